The molecule has 1 fully saturated rings. The summed E-state index contributed by atoms with van der Waals surface area (Å²) in [4.78, 5) is 16.3. The number of likely N-dealkylation sites (tertiary alicyclic amines) is 1. The summed E-state index contributed by atoms with van der Waals surface area (Å²) in [6, 6.07) is 22.7. The third-order valence-corrected chi connectivity index (χ3v) is 5.75. The molecular weight excluding hydrogens is 370 g/mol. The smallest absolute Gasteiger partial charge is 0.131 e. The van der Waals surface area contributed by atoms with Crippen LogP contribution in [0.2, 0.25) is 0 Å². The molecule has 4 aromatic rings. The fourth-order valence-electron chi connectivity index (χ4n) is 4.30. The summed E-state index contributed by atoms with van der Waals surface area (Å²) in [5.41, 5.74) is 3.57. The molecule has 1 N–H and O–H groups in total. The number of anilines is 2. The van der Waals surface area contributed by atoms with Gasteiger partial charge < -0.3 is 5.32 Å². The number of pyridine rings is 3. The molecule has 30 heavy (non-hydrogen) atoms. The van der Waals surface area contributed by atoms with E-state index in [1.165, 1.54) is 23.8 Å². The number of hydrogen-bond donors (Lipinski definition) is 1. The van der Waals surface area contributed by atoms with Gasteiger partial charge in [-0.3, -0.25) is 9.88 Å². The van der Waals surface area contributed by atoms with Gasteiger partial charge in [-0.2, -0.15) is 0 Å². The number of piperidine rings is 1. The molecule has 5 nitrogen and oxygen atoms in total. The van der Waals surface area contributed by atoms with Gasteiger partial charge in [0, 0.05) is 42.5 Å². The molecule has 5 heteroatoms. The highest BCUT2D eigenvalue weighted by Gasteiger charge is 2.23. The lowest BCUT2D eigenvalue weighted by atomic mass is 9.93. The zero-order valence-electron chi connectivity index (χ0n) is 16.9. The molecule has 1 aliphatic rings. The van der Waals surface area contributed by atoms with Crippen LogP contribution >= 0.6 is 0 Å². The van der Waals surface area contributed by atoms with Crippen molar-refractivity contribution in [2.75, 3.05) is 18.4 Å². The van der Waals surface area contributed by atoms with Gasteiger partial charge in [0.1, 0.15) is 11.6 Å². The van der Waals surface area contributed by atoms with Crippen LogP contribution in [0, 0.1) is 0 Å². The predicted octanol–water partition coefficient (Wildman–Crippen LogP) is 5.15. The van der Waals surface area contributed by atoms with Crippen LogP contribution in [0.5, 0.6) is 0 Å². The van der Waals surface area contributed by atoms with Crippen LogP contribution in [-0.4, -0.2) is 32.9 Å². The Labute approximate surface area is 176 Å². The van der Waals surface area contributed by atoms with E-state index < -0.39 is 0 Å². The monoisotopic (exact) mass is 395 g/mol. The Morgan fingerprint density at radius 2 is 1.77 bits per heavy atom. The van der Waals surface area contributed by atoms with Crippen LogP contribution in [0.15, 0.2) is 79.1 Å². The van der Waals surface area contributed by atoms with Crippen molar-refractivity contribution in [3.8, 4) is 0 Å². The topological polar surface area (TPSA) is 53.9 Å². The first-order valence-corrected chi connectivity index (χ1v) is 10.6. The summed E-state index contributed by atoms with van der Waals surface area (Å²) in [5.74, 6) is 2.11. The van der Waals surface area contributed by atoms with Gasteiger partial charge in [-0.05, 0) is 61.3 Å². The fourth-order valence-corrected chi connectivity index (χ4v) is 4.30. The van der Waals surface area contributed by atoms with Crippen LogP contribution < -0.4 is 5.32 Å². The molecule has 4 heterocycles. The zero-order valence-corrected chi connectivity index (χ0v) is 16.9. The molecule has 0 bridgehead atoms. The van der Waals surface area contributed by atoms with Gasteiger partial charge >= 0.3 is 0 Å². The first kappa shape index (κ1) is 18.7. The zero-order chi connectivity index (χ0) is 20.2. The molecule has 0 amide bonds. The summed E-state index contributed by atoms with van der Waals surface area (Å²) >= 11 is 0. The number of hydrogen-bond acceptors (Lipinski definition) is 5. The summed E-state index contributed by atoms with van der Waals surface area (Å²) < 4.78 is 0. The van der Waals surface area contributed by atoms with Crippen LogP contribution in [0.1, 0.15) is 30.0 Å². The lowest BCUT2D eigenvalue weighted by Gasteiger charge is -2.32. The van der Waals surface area contributed by atoms with Crippen LogP contribution in [0.4, 0.5) is 11.6 Å². The van der Waals surface area contributed by atoms with Crippen LogP contribution in [0.25, 0.3) is 10.9 Å². The van der Waals surface area contributed by atoms with Gasteiger partial charge in [0.2, 0.25) is 0 Å². The highest BCUT2D eigenvalue weighted by atomic mass is 15.1. The lowest BCUT2D eigenvalue weighted by Crippen LogP contribution is -2.34. The molecule has 0 radical (unpaired) electrons. The first-order chi connectivity index (χ1) is 14.8. The Bertz CT molecular complexity index is 1120. The highest BCUT2D eigenvalue weighted by molar-refractivity contribution is 5.81. The van der Waals surface area contributed by atoms with Crippen LogP contribution in [-0.2, 0) is 6.54 Å². The van der Waals surface area contributed by atoms with Crippen molar-refractivity contribution >= 4 is 22.5 Å². The summed E-state index contributed by atoms with van der Waals surface area (Å²) in [6.07, 6.45) is 6.01. The van der Waals surface area contributed by atoms with Gasteiger partial charge in [-0.15, -0.1) is 0 Å². The number of nitrogens with one attached hydrogen (secondary N) is 1. The Morgan fingerprint density at radius 1 is 0.867 bits per heavy atom. The second-order valence-corrected chi connectivity index (χ2v) is 7.85. The Balaban J connectivity index is 1.31. The molecule has 150 valence electrons. The van der Waals surface area contributed by atoms with Crippen LogP contribution in [0.3, 0.4) is 0 Å². The average molecular weight is 396 g/mol. The molecule has 0 aliphatic carbocycles. The molecule has 0 saturated carbocycles. The fraction of sp³-hybridized carbons (Fsp3) is 0.240. The van der Waals surface area contributed by atoms with Crippen molar-refractivity contribution in [3.63, 3.8) is 0 Å². The normalized spacial score (nSPS) is 17.1. The Hall–Kier alpha value is -3.31. The van der Waals surface area contributed by atoms with E-state index in [0.717, 1.165) is 42.5 Å². The third kappa shape index (κ3) is 4.16. The van der Waals surface area contributed by atoms with Gasteiger partial charge in [0.25, 0.3) is 0 Å². The number of fused-ring (bicyclic) bond motifs is 1. The maximum atomic E-state index is 4.90. The SMILES string of the molecule is c1ccc(Nc2cccc(C3CCCN(Cc4cccc5ncccc45)C3)n2)nc1. The maximum Gasteiger partial charge on any atom is 0.131 e. The van der Waals surface area contributed by atoms with Gasteiger partial charge in [0.15, 0.2) is 0 Å². The van der Waals surface area contributed by atoms with E-state index in [4.69, 9.17) is 4.98 Å². The highest BCUT2D eigenvalue weighted by Crippen LogP contribution is 2.28. The molecule has 1 atom stereocenters. The van der Waals surface area contributed by atoms with Gasteiger partial charge in [0.05, 0.1) is 5.52 Å². The maximum absolute atomic E-state index is 4.90. The van der Waals surface area contributed by atoms with E-state index in [2.05, 4.69) is 56.6 Å². The second-order valence-electron chi connectivity index (χ2n) is 7.85. The largest absolute Gasteiger partial charge is 0.325 e. The molecule has 1 saturated heterocycles. The number of rotatable bonds is 5. The molecule has 3 aromatic heterocycles. The molecule has 1 aliphatic heterocycles. The average Bonchev–Trinajstić information content (AvgIpc) is 2.80. The molecular formula is C25H25N5. The van der Waals surface area contributed by atoms with Crippen molar-refractivity contribution in [2.45, 2.75) is 25.3 Å². The second kappa shape index (κ2) is 8.59. The molecule has 1 unspecified atom stereocenters. The van der Waals surface area contributed by atoms with E-state index in [0.29, 0.717) is 5.92 Å². The summed E-state index contributed by atoms with van der Waals surface area (Å²) in [5, 5.41) is 4.56. The first-order valence-electron chi connectivity index (χ1n) is 10.6. The lowest BCUT2D eigenvalue weighted by molar-refractivity contribution is 0.199. The van der Waals surface area contributed by atoms with Crippen molar-refractivity contribution in [1.82, 2.24) is 19.9 Å². The minimum absolute atomic E-state index is 0.442. The quantitative estimate of drug-likeness (QED) is 0.507. The predicted molar refractivity (Wildman–Crippen MR) is 121 cm³/mol. The van der Waals surface area contributed by atoms with Crippen molar-refractivity contribution < 1.29 is 0 Å². The van der Waals surface area contributed by atoms with Crippen molar-refractivity contribution in [2.24, 2.45) is 0 Å². The Morgan fingerprint density at radius 3 is 2.70 bits per heavy atom. The molecule has 0 spiro atoms. The van der Waals surface area contributed by atoms with Crippen molar-refractivity contribution in [3.05, 3.63) is 90.4 Å². The van der Waals surface area contributed by atoms with E-state index in [9.17, 15) is 0 Å². The van der Waals surface area contributed by atoms with E-state index in [1.54, 1.807) is 6.20 Å². The van der Waals surface area contributed by atoms with Gasteiger partial charge in [-0.25, -0.2) is 9.97 Å². The molecule has 1 aromatic carbocycles. The Kier molecular flexibility index (Phi) is 5.36. The van der Waals surface area contributed by atoms with E-state index in [-0.39, 0.29) is 0 Å². The van der Waals surface area contributed by atoms with Crippen molar-refractivity contribution in [1.29, 1.82) is 0 Å². The number of nitrogens with zero attached hydrogens (tertiary/aromatic N) is 4. The molecule has 5 rings (SSSR count). The third-order valence-electron chi connectivity index (χ3n) is 5.75. The minimum Gasteiger partial charge on any atom is -0.325 e. The van der Waals surface area contributed by atoms with Gasteiger partial charge in [-0.1, -0.05) is 30.3 Å². The standard InChI is InChI=1S/C25H25N5/c1-2-14-27-24(12-1)29-25-13-4-10-22(28-25)20-8-6-16-30(18-20)17-19-7-3-11-23-21(19)9-5-15-26-23/h1-5,7,9-15,20H,6,8,16-18H2,(H,27,28,29). The minimum atomic E-state index is 0.442. The van der Waals surface area contributed by atoms with E-state index in [1.807, 2.05) is 36.5 Å². The number of aromatic nitrogens is 3. The van der Waals surface area contributed by atoms with E-state index >= 15 is 0 Å². The summed E-state index contributed by atoms with van der Waals surface area (Å²) in [7, 11) is 0. The summed E-state index contributed by atoms with van der Waals surface area (Å²) in [6.45, 7) is 3.10. The number of benzene rings is 1.